The molecule has 0 atom stereocenters. The van der Waals surface area contributed by atoms with E-state index < -0.39 is 10.0 Å². The molecule has 1 fully saturated rings. The summed E-state index contributed by atoms with van der Waals surface area (Å²) in [5.74, 6) is 0.0226. The highest BCUT2D eigenvalue weighted by molar-refractivity contribution is 7.89. The summed E-state index contributed by atoms with van der Waals surface area (Å²) in [5.41, 5.74) is 1.34. The second-order valence-electron chi connectivity index (χ2n) is 6.98. The molecule has 0 N–H and O–H groups in total. The highest BCUT2D eigenvalue weighted by Crippen LogP contribution is 2.30. The van der Waals surface area contributed by atoms with Crippen molar-refractivity contribution in [1.29, 1.82) is 0 Å². The highest BCUT2D eigenvalue weighted by Gasteiger charge is 2.30. The third kappa shape index (κ3) is 4.36. The second-order valence-corrected chi connectivity index (χ2v) is 8.88. The van der Waals surface area contributed by atoms with E-state index >= 15 is 0 Å². The Balaban J connectivity index is 1.88. The van der Waals surface area contributed by atoms with Gasteiger partial charge in [-0.05, 0) is 36.6 Å². The first kappa shape index (κ1) is 20.4. The lowest BCUT2D eigenvalue weighted by Crippen LogP contribution is -2.36. The van der Waals surface area contributed by atoms with Gasteiger partial charge in [0.05, 0.1) is 7.11 Å². The van der Waals surface area contributed by atoms with Crippen molar-refractivity contribution < 1.29 is 17.9 Å². The molecule has 0 bridgehead atoms. The number of piperidine rings is 1. The Morgan fingerprint density at radius 3 is 2.39 bits per heavy atom. The van der Waals surface area contributed by atoms with Crippen LogP contribution in [-0.2, 0) is 16.6 Å². The van der Waals surface area contributed by atoms with E-state index in [9.17, 15) is 13.2 Å². The van der Waals surface area contributed by atoms with Gasteiger partial charge in [-0.1, -0.05) is 36.8 Å². The summed E-state index contributed by atoms with van der Waals surface area (Å²) in [6.07, 6.45) is 2.73. The number of benzene rings is 2. The van der Waals surface area contributed by atoms with Gasteiger partial charge in [-0.3, -0.25) is 4.79 Å². The first-order valence-corrected chi connectivity index (χ1v) is 10.8. The average molecular weight is 403 g/mol. The number of carbonyl (C=O) groups excluding carboxylic acids is 1. The van der Waals surface area contributed by atoms with Crippen LogP contribution in [0.5, 0.6) is 5.75 Å². The van der Waals surface area contributed by atoms with Gasteiger partial charge in [0.15, 0.2) is 0 Å². The number of ether oxygens (including phenoxy) is 1. The molecule has 0 unspecified atom stereocenters. The molecule has 0 saturated carbocycles. The molecular formula is C21H26N2O4S. The van der Waals surface area contributed by atoms with E-state index in [1.54, 1.807) is 24.1 Å². The molecule has 150 valence electrons. The molecule has 3 rings (SSSR count). The molecule has 0 aliphatic carbocycles. The first-order chi connectivity index (χ1) is 13.4. The third-order valence-corrected chi connectivity index (χ3v) is 6.87. The fraction of sp³-hybridized carbons (Fsp3) is 0.381. The van der Waals surface area contributed by atoms with Crippen molar-refractivity contribution >= 4 is 15.9 Å². The zero-order valence-corrected chi connectivity index (χ0v) is 17.1. The second kappa shape index (κ2) is 8.75. The minimum Gasteiger partial charge on any atom is -0.495 e. The van der Waals surface area contributed by atoms with Gasteiger partial charge in [0, 0.05) is 32.2 Å². The Hall–Kier alpha value is -2.38. The van der Waals surface area contributed by atoms with Crippen LogP contribution in [0, 0.1) is 0 Å². The molecule has 1 heterocycles. The average Bonchev–Trinajstić information content (AvgIpc) is 2.74. The van der Waals surface area contributed by atoms with Crippen LogP contribution in [0.4, 0.5) is 0 Å². The number of nitrogens with zero attached hydrogens (tertiary/aromatic N) is 2. The van der Waals surface area contributed by atoms with Crippen LogP contribution in [0.25, 0.3) is 0 Å². The Bertz CT molecular complexity index is 923. The molecule has 6 nitrogen and oxygen atoms in total. The van der Waals surface area contributed by atoms with E-state index in [0.29, 0.717) is 25.2 Å². The number of methoxy groups -OCH3 is 1. The molecular weight excluding hydrogens is 376 g/mol. The van der Waals surface area contributed by atoms with Gasteiger partial charge < -0.3 is 9.64 Å². The van der Waals surface area contributed by atoms with Crippen molar-refractivity contribution in [3.63, 3.8) is 0 Å². The van der Waals surface area contributed by atoms with Crippen LogP contribution >= 0.6 is 0 Å². The Morgan fingerprint density at radius 1 is 1.07 bits per heavy atom. The molecule has 1 amide bonds. The molecule has 7 heteroatoms. The zero-order valence-electron chi connectivity index (χ0n) is 16.3. The van der Waals surface area contributed by atoms with E-state index in [0.717, 1.165) is 24.8 Å². The van der Waals surface area contributed by atoms with Crippen molar-refractivity contribution in [2.24, 2.45) is 0 Å². The minimum atomic E-state index is -3.71. The SMILES string of the molecule is COc1ccc(C(=O)N(C)Cc2ccccc2)cc1S(=O)(=O)N1CCCCC1. The lowest BCUT2D eigenvalue weighted by Gasteiger charge is -2.27. The number of amides is 1. The summed E-state index contributed by atoms with van der Waals surface area (Å²) in [5, 5.41) is 0. The van der Waals surface area contributed by atoms with Gasteiger partial charge in [-0.2, -0.15) is 4.31 Å². The summed E-state index contributed by atoms with van der Waals surface area (Å²) >= 11 is 0. The monoisotopic (exact) mass is 402 g/mol. The number of hydrogen-bond donors (Lipinski definition) is 0. The Kier molecular flexibility index (Phi) is 6.36. The Labute approximate surface area is 166 Å². The number of sulfonamides is 1. The van der Waals surface area contributed by atoms with Crippen molar-refractivity contribution in [1.82, 2.24) is 9.21 Å². The smallest absolute Gasteiger partial charge is 0.253 e. The maximum Gasteiger partial charge on any atom is 0.253 e. The molecule has 1 aliphatic rings. The van der Waals surface area contributed by atoms with E-state index in [1.807, 2.05) is 30.3 Å². The standard InChI is InChI=1S/C21H26N2O4S/c1-22(16-17-9-5-3-6-10-17)21(24)18-11-12-19(27-2)20(15-18)28(25,26)23-13-7-4-8-14-23/h3,5-6,9-12,15H,4,7-8,13-14,16H2,1-2H3. The topological polar surface area (TPSA) is 66.9 Å². The summed E-state index contributed by atoms with van der Waals surface area (Å²) in [6.45, 7) is 1.44. The van der Waals surface area contributed by atoms with Gasteiger partial charge in [0.2, 0.25) is 10.0 Å². The van der Waals surface area contributed by atoms with Crippen LogP contribution in [0.2, 0.25) is 0 Å². The minimum absolute atomic E-state index is 0.0517. The maximum absolute atomic E-state index is 13.1. The van der Waals surface area contributed by atoms with Crippen LogP contribution in [0.1, 0.15) is 35.2 Å². The summed E-state index contributed by atoms with van der Waals surface area (Å²) in [4.78, 5) is 14.5. The Morgan fingerprint density at radius 2 is 1.75 bits per heavy atom. The largest absolute Gasteiger partial charge is 0.495 e. The van der Waals surface area contributed by atoms with Crippen LogP contribution in [-0.4, -0.2) is 50.8 Å². The van der Waals surface area contributed by atoms with E-state index in [4.69, 9.17) is 4.74 Å². The van der Waals surface area contributed by atoms with Crippen molar-refractivity contribution in [3.05, 3.63) is 59.7 Å². The number of carbonyl (C=O) groups is 1. The first-order valence-electron chi connectivity index (χ1n) is 9.41. The number of rotatable bonds is 6. The summed E-state index contributed by atoms with van der Waals surface area (Å²) in [6, 6.07) is 14.3. The predicted octanol–water partition coefficient (Wildman–Crippen LogP) is 3.14. The van der Waals surface area contributed by atoms with E-state index in [2.05, 4.69) is 0 Å². The molecule has 2 aromatic rings. The van der Waals surface area contributed by atoms with E-state index in [1.165, 1.54) is 17.5 Å². The molecule has 0 radical (unpaired) electrons. The van der Waals surface area contributed by atoms with Crippen molar-refractivity contribution in [3.8, 4) is 5.75 Å². The summed E-state index contributed by atoms with van der Waals surface area (Å²) in [7, 11) is -0.563. The lowest BCUT2D eigenvalue weighted by atomic mass is 10.1. The number of hydrogen-bond acceptors (Lipinski definition) is 4. The quantitative estimate of drug-likeness (QED) is 0.745. The molecule has 1 saturated heterocycles. The van der Waals surface area contributed by atoms with Crippen molar-refractivity contribution in [2.75, 3.05) is 27.2 Å². The predicted molar refractivity (Wildman–Crippen MR) is 108 cm³/mol. The van der Waals surface area contributed by atoms with Crippen LogP contribution in [0.3, 0.4) is 0 Å². The van der Waals surface area contributed by atoms with Crippen LogP contribution in [0.15, 0.2) is 53.4 Å². The highest BCUT2D eigenvalue weighted by atomic mass is 32.2. The van der Waals surface area contributed by atoms with Gasteiger partial charge >= 0.3 is 0 Å². The molecule has 28 heavy (non-hydrogen) atoms. The maximum atomic E-state index is 13.1. The summed E-state index contributed by atoms with van der Waals surface area (Å²) < 4.78 is 33.0. The molecule has 0 aromatic heterocycles. The van der Waals surface area contributed by atoms with Crippen molar-refractivity contribution in [2.45, 2.75) is 30.7 Å². The third-order valence-electron chi connectivity index (χ3n) is 4.95. The fourth-order valence-electron chi connectivity index (χ4n) is 3.41. The molecule has 1 aliphatic heterocycles. The van der Waals surface area contributed by atoms with Gasteiger partial charge in [-0.15, -0.1) is 0 Å². The molecule has 2 aromatic carbocycles. The molecule has 0 spiro atoms. The fourth-order valence-corrected chi connectivity index (χ4v) is 5.10. The van der Waals surface area contributed by atoms with Gasteiger partial charge in [0.25, 0.3) is 5.91 Å². The van der Waals surface area contributed by atoms with Gasteiger partial charge in [-0.25, -0.2) is 8.42 Å². The van der Waals surface area contributed by atoms with Gasteiger partial charge in [0.1, 0.15) is 10.6 Å². The van der Waals surface area contributed by atoms with Crippen LogP contribution < -0.4 is 4.74 Å². The lowest BCUT2D eigenvalue weighted by molar-refractivity contribution is 0.0785. The van der Waals surface area contributed by atoms with E-state index in [-0.39, 0.29) is 16.6 Å². The normalized spacial score (nSPS) is 15.2. The zero-order chi connectivity index (χ0) is 20.1.